The van der Waals surface area contributed by atoms with Crippen LogP contribution in [-0.4, -0.2) is 84.2 Å². The van der Waals surface area contributed by atoms with Crippen LogP contribution in [0.4, 0.5) is 91.0 Å². The summed E-state index contributed by atoms with van der Waals surface area (Å²) in [5, 5.41) is 0. The van der Waals surface area contributed by atoms with E-state index in [0.29, 0.717) is 0 Å². The minimum Gasteiger partial charge on any atom is -0.353 e. The number of para-hydroxylation sites is 2. The number of aryl methyl sites for hydroxylation is 8. The maximum absolute atomic E-state index is 2.52. The Morgan fingerprint density at radius 1 is 0.237 bits per heavy atom. The van der Waals surface area contributed by atoms with E-state index in [0.717, 1.165) is 0 Å². The van der Waals surface area contributed by atoms with Crippen LogP contribution in [0.25, 0.3) is 5.70 Å². The third-order valence-corrected chi connectivity index (χ3v) is 22.4. The predicted molar refractivity (Wildman–Crippen MR) is 418 cm³/mol. The average Bonchev–Trinajstić information content (AvgIpc) is 1.62. The van der Waals surface area contributed by atoms with E-state index in [2.05, 4.69) is 383 Å². The summed E-state index contributed by atoms with van der Waals surface area (Å²) in [7, 11) is 13.2. The van der Waals surface area contributed by atoms with Crippen LogP contribution in [0.3, 0.4) is 0 Å². The molecule has 0 fully saturated rings. The number of hydrogen-bond acceptors (Lipinski definition) is 12. The fourth-order valence-corrected chi connectivity index (χ4v) is 16.9. The Kier molecular flexibility index (Phi) is 17.0. The lowest BCUT2D eigenvalue weighted by molar-refractivity contribution is 0.399. The number of anilines is 16. The quantitative estimate of drug-likeness (QED) is 0.153. The molecule has 0 aromatic heterocycles. The van der Waals surface area contributed by atoms with Gasteiger partial charge in [-0.1, -0.05) is 84.9 Å². The highest BCUT2D eigenvalue weighted by Crippen LogP contribution is 2.55. The smallest absolute Gasteiger partial charge is 0.103 e. The van der Waals surface area contributed by atoms with E-state index >= 15 is 0 Å². The summed E-state index contributed by atoms with van der Waals surface area (Å²) in [5.41, 5.74) is 37.8. The van der Waals surface area contributed by atoms with Gasteiger partial charge in [0.25, 0.3) is 0 Å². The lowest BCUT2D eigenvalue weighted by atomic mass is 10.0. The van der Waals surface area contributed by atoms with E-state index in [1.165, 1.54) is 163 Å². The normalized spacial score (nSPS) is 19.7. The zero-order valence-electron chi connectivity index (χ0n) is 61.9. The molecule has 0 amide bonds. The highest BCUT2D eigenvalue weighted by atomic mass is 15.4. The summed E-state index contributed by atoms with van der Waals surface area (Å²) in [5.74, 6) is 0. The Morgan fingerprint density at radius 2 is 0.536 bits per heavy atom. The number of fused-ring (bicyclic) bond motifs is 5. The van der Waals surface area contributed by atoms with Crippen molar-refractivity contribution in [2.45, 2.75) is 155 Å². The molecule has 12 nitrogen and oxygen atoms in total. The fourth-order valence-electron chi connectivity index (χ4n) is 16.9. The summed E-state index contributed by atoms with van der Waals surface area (Å²) in [4.78, 5) is 29.2. The average molecular weight is 1290 g/mol. The van der Waals surface area contributed by atoms with Gasteiger partial charge in [-0.2, -0.15) is 0 Å². The first-order valence-corrected chi connectivity index (χ1v) is 34.9. The Bertz CT molecular complexity index is 4380. The van der Waals surface area contributed by atoms with Gasteiger partial charge in [0.2, 0.25) is 0 Å². The van der Waals surface area contributed by atoms with Crippen molar-refractivity contribution in [2.24, 2.45) is 0 Å². The lowest BCUT2D eigenvalue weighted by Gasteiger charge is -2.33. The molecule has 0 bridgehead atoms. The zero-order valence-corrected chi connectivity index (χ0v) is 61.9. The molecular weight excluding hydrogens is 1190 g/mol. The highest BCUT2D eigenvalue weighted by Gasteiger charge is 2.41. The molecule has 0 saturated carbocycles. The molecule has 0 unspecified atom stereocenters. The SMILES string of the molecule is Cc1c(N2C=C(c3ccccc3)N(C)[C@H]2C)cccc1N1c2ccccc2N(C)[C@@H]1C.Cc1cc(C)c2c(c1)N(C)[C@@H](C)N2c1cccc(N2c3c(C)cc(C)cc3N(C)[C@@H]2C)c1C.Cc1cc(C)c2c(c1)N(c1cccc(N3c4cc(C)cc(C)c4N(C)[C@@H]3C)c1C)[C@H](C)N2C. The maximum atomic E-state index is 2.52. The van der Waals surface area contributed by atoms with Gasteiger partial charge in [0.05, 0.1) is 62.6 Å². The molecular formula is C85H102N12. The number of rotatable bonds is 7. The zero-order chi connectivity index (χ0) is 69.2. The van der Waals surface area contributed by atoms with Gasteiger partial charge in [-0.3, -0.25) is 0 Å². The van der Waals surface area contributed by atoms with Gasteiger partial charge in [-0.05, 0) is 257 Å². The summed E-state index contributed by atoms with van der Waals surface area (Å²) < 4.78 is 0. The summed E-state index contributed by atoms with van der Waals surface area (Å²) in [6.45, 7) is 38.3. The van der Waals surface area contributed by atoms with Crippen LogP contribution in [-0.2, 0) is 0 Å². The molecule has 502 valence electrons. The van der Waals surface area contributed by atoms with E-state index < -0.39 is 0 Å². The van der Waals surface area contributed by atoms with E-state index in [9.17, 15) is 0 Å². The molecule has 97 heavy (non-hydrogen) atoms. The van der Waals surface area contributed by atoms with Crippen molar-refractivity contribution in [3.05, 3.63) is 231 Å². The first-order chi connectivity index (χ1) is 46.2. The monoisotopic (exact) mass is 1290 g/mol. The van der Waals surface area contributed by atoms with Crippen LogP contribution in [0.1, 0.15) is 108 Å². The molecule has 0 N–H and O–H groups in total. The second-order valence-corrected chi connectivity index (χ2v) is 28.6. The largest absolute Gasteiger partial charge is 0.353 e. The van der Waals surface area contributed by atoms with Crippen molar-refractivity contribution in [2.75, 3.05) is 96.2 Å². The Labute approximate surface area is 580 Å². The van der Waals surface area contributed by atoms with E-state index in [1.807, 2.05) is 0 Å². The van der Waals surface area contributed by atoms with E-state index in [-0.39, 0.29) is 37.0 Å². The number of benzene rings is 9. The summed E-state index contributed by atoms with van der Waals surface area (Å²) in [6, 6.07) is 58.0. The standard InChI is InChI=1S/2C29H36N4.C27H30N4/c1-17-13-19(3)28-26(15-17)32(22(6)30(28)8)24-11-10-12-25(21(24)5)33-23(7)31(9)29-20(4)14-18(2)16-27(29)33;1-17-13-19(3)28-26(15-17)30(8)22(6)32(28)24-11-10-12-25(21(24)5)33-23(7)31(9)27-16-18(2)14-20(4)29(27)33;1-19-23(30-18-27(28(4)20(30)2)22-12-7-6-8-13-22)16-11-17-24(19)31-21(3)29(5)25-14-9-10-15-26(25)31/h2*10-16,22-23H,1-9H3;6-18,20-21H,1-5H3/t2*22-,23+;20-,21+/m..1/s1. The second-order valence-electron chi connectivity index (χ2n) is 28.6. The van der Waals surface area contributed by atoms with Gasteiger partial charge < -0.3 is 58.8 Å². The molecule has 0 saturated heterocycles. The fraction of sp³-hybridized carbons (Fsp3) is 0.341. The first-order valence-electron chi connectivity index (χ1n) is 34.9. The van der Waals surface area contributed by atoms with Gasteiger partial charge in [-0.25, -0.2) is 0 Å². The third-order valence-electron chi connectivity index (χ3n) is 22.4. The minimum atomic E-state index is 0.245. The first kappa shape index (κ1) is 66.0. The molecule has 6 atom stereocenters. The van der Waals surface area contributed by atoms with Gasteiger partial charge in [0.15, 0.2) is 0 Å². The Balaban J connectivity index is 0.000000131. The van der Waals surface area contributed by atoms with Gasteiger partial charge >= 0.3 is 0 Å². The molecule has 9 aromatic carbocycles. The van der Waals surface area contributed by atoms with Crippen molar-refractivity contribution in [1.29, 1.82) is 0 Å². The highest BCUT2D eigenvalue weighted by molar-refractivity contribution is 5.95. The van der Waals surface area contributed by atoms with Crippen LogP contribution in [0.5, 0.6) is 0 Å². The van der Waals surface area contributed by atoms with Crippen LogP contribution in [0.2, 0.25) is 0 Å². The van der Waals surface area contributed by atoms with Crippen molar-refractivity contribution in [1.82, 2.24) is 4.90 Å². The number of nitrogens with zero attached hydrogens (tertiary/aromatic N) is 12. The van der Waals surface area contributed by atoms with Crippen LogP contribution < -0.4 is 53.9 Å². The summed E-state index contributed by atoms with van der Waals surface area (Å²) >= 11 is 0. The minimum absolute atomic E-state index is 0.245. The molecule has 0 spiro atoms. The number of hydrogen-bond donors (Lipinski definition) is 0. The molecule has 0 radical (unpaired) electrons. The molecule has 6 aliphatic heterocycles. The van der Waals surface area contributed by atoms with Crippen molar-refractivity contribution >= 4 is 96.7 Å². The van der Waals surface area contributed by atoms with Crippen LogP contribution in [0, 0.1) is 76.2 Å². The second kappa shape index (κ2) is 25.1. The Morgan fingerprint density at radius 3 is 0.959 bits per heavy atom. The van der Waals surface area contributed by atoms with Crippen LogP contribution >= 0.6 is 0 Å². The topological polar surface area (TPSA) is 38.9 Å². The Hall–Kier alpha value is -9.68. The molecule has 12 heteroatoms. The van der Waals surface area contributed by atoms with Gasteiger partial charge in [0, 0.05) is 82.6 Å². The maximum Gasteiger partial charge on any atom is 0.103 e. The van der Waals surface area contributed by atoms with E-state index in [4.69, 9.17) is 0 Å². The molecule has 15 rings (SSSR count). The van der Waals surface area contributed by atoms with Crippen molar-refractivity contribution in [3.63, 3.8) is 0 Å². The van der Waals surface area contributed by atoms with Crippen molar-refractivity contribution in [3.8, 4) is 0 Å². The lowest BCUT2D eigenvalue weighted by Crippen LogP contribution is -2.37. The summed E-state index contributed by atoms with van der Waals surface area (Å²) in [6.07, 6.45) is 3.82. The van der Waals surface area contributed by atoms with Gasteiger partial charge in [-0.15, -0.1) is 0 Å². The van der Waals surface area contributed by atoms with Crippen molar-refractivity contribution < 1.29 is 0 Å². The molecule has 6 aliphatic rings. The third kappa shape index (κ3) is 10.7. The van der Waals surface area contributed by atoms with E-state index in [1.54, 1.807) is 0 Å². The predicted octanol–water partition coefficient (Wildman–Crippen LogP) is 20.2. The molecule has 6 heterocycles. The molecule has 9 aromatic rings. The van der Waals surface area contributed by atoms with Crippen LogP contribution in [0.15, 0.2) is 164 Å². The van der Waals surface area contributed by atoms with Gasteiger partial charge in [0.1, 0.15) is 37.0 Å². The molecule has 0 aliphatic carbocycles.